The molecular formula is C22H18BrN5O2. The van der Waals surface area contributed by atoms with Crippen LogP contribution in [0.2, 0.25) is 0 Å². The molecule has 0 aliphatic rings. The Labute approximate surface area is 181 Å². The third-order valence-corrected chi connectivity index (χ3v) is 5.11. The van der Waals surface area contributed by atoms with E-state index in [1.807, 2.05) is 52.9 Å². The topological polar surface area (TPSA) is 79.6 Å². The molecule has 7 nitrogen and oxygen atoms in total. The monoisotopic (exact) mass is 463 g/mol. The maximum atomic E-state index is 13.0. The Morgan fingerprint density at radius 3 is 2.53 bits per heavy atom. The minimum Gasteiger partial charge on any atom is -0.326 e. The third-order valence-electron chi connectivity index (χ3n) is 4.62. The Morgan fingerprint density at radius 2 is 1.83 bits per heavy atom. The predicted octanol–water partition coefficient (Wildman–Crippen LogP) is 4.39. The van der Waals surface area contributed by atoms with Crippen molar-refractivity contribution in [1.29, 1.82) is 0 Å². The molecule has 0 unspecified atom stereocenters. The minimum absolute atomic E-state index is 0.124. The number of carbonyl (C=O) groups excluding carboxylic acids is 2. The molecule has 4 rings (SSSR count). The molecule has 2 heterocycles. The van der Waals surface area contributed by atoms with E-state index in [-0.39, 0.29) is 11.8 Å². The quantitative estimate of drug-likeness (QED) is 0.486. The molecule has 0 radical (unpaired) electrons. The number of aromatic nitrogens is 3. The molecule has 0 saturated carbocycles. The maximum absolute atomic E-state index is 13.0. The molecule has 0 spiro atoms. The van der Waals surface area contributed by atoms with Crippen LogP contribution in [0.5, 0.6) is 0 Å². The smallest absolute Gasteiger partial charge is 0.278 e. The van der Waals surface area contributed by atoms with Crippen molar-refractivity contribution in [3.8, 4) is 11.3 Å². The normalized spacial score (nSPS) is 10.8. The first-order valence-electron chi connectivity index (χ1n) is 9.17. The molecule has 0 atom stereocenters. The van der Waals surface area contributed by atoms with Crippen LogP contribution in [0.1, 0.15) is 17.4 Å². The number of nitrogens with zero attached hydrogens (tertiary/aromatic N) is 4. The molecule has 0 fully saturated rings. The average Bonchev–Trinajstić information content (AvgIpc) is 3.16. The molecule has 1 N–H and O–H groups in total. The third kappa shape index (κ3) is 3.95. The van der Waals surface area contributed by atoms with Crippen LogP contribution in [0.3, 0.4) is 0 Å². The largest absolute Gasteiger partial charge is 0.326 e. The Balaban J connectivity index is 1.67. The molecule has 2 amide bonds. The number of benzene rings is 2. The summed E-state index contributed by atoms with van der Waals surface area (Å²) in [6.45, 7) is 1.47. The summed E-state index contributed by atoms with van der Waals surface area (Å²) in [4.78, 5) is 34.4. The number of fused-ring (bicyclic) bond motifs is 1. The second-order valence-electron chi connectivity index (χ2n) is 6.75. The van der Waals surface area contributed by atoms with Crippen molar-refractivity contribution >= 4 is 44.8 Å². The van der Waals surface area contributed by atoms with Gasteiger partial charge in [-0.15, -0.1) is 0 Å². The van der Waals surface area contributed by atoms with Gasteiger partial charge in [0.2, 0.25) is 5.91 Å². The summed E-state index contributed by atoms with van der Waals surface area (Å²) in [5.41, 5.74) is 4.14. The highest BCUT2D eigenvalue weighted by molar-refractivity contribution is 9.10. The van der Waals surface area contributed by atoms with Crippen LogP contribution >= 0.6 is 15.9 Å². The standard InChI is InChI=1S/C22H18BrN5O2/c1-14(29)26-17-8-6-15(7-9-17)20-11-25-21-12-24-19(13-28(20)21)22(30)27(2)18-5-3-4-16(23)10-18/h3-13H,1-2H3,(H,26,29). The molecule has 4 aromatic rings. The first-order valence-corrected chi connectivity index (χ1v) is 9.96. The van der Waals surface area contributed by atoms with Gasteiger partial charge in [-0.2, -0.15) is 0 Å². The van der Waals surface area contributed by atoms with E-state index in [0.717, 1.165) is 21.4 Å². The highest BCUT2D eigenvalue weighted by Crippen LogP contribution is 2.24. The zero-order valence-electron chi connectivity index (χ0n) is 16.3. The molecule has 2 aromatic heterocycles. The first-order chi connectivity index (χ1) is 14.4. The number of nitrogens with one attached hydrogen (secondary N) is 1. The Bertz CT molecular complexity index is 1250. The fraction of sp³-hybridized carbons (Fsp3) is 0.0909. The lowest BCUT2D eigenvalue weighted by Gasteiger charge is -2.17. The minimum atomic E-state index is -0.226. The van der Waals surface area contributed by atoms with Crippen molar-refractivity contribution in [1.82, 2.24) is 14.4 Å². The summed E-state index contributed by atoms with van der Waals surface area (Å²) < 4.78 is 2.73. The molecule has 8 heteroatoms. The van der Waals surface area contributed by atoms with Gasteiger partial charge in [0.05, 0.1) is 18.1 Å². The predicted molar refractivity (Wildman–Crippen MR) is 120 cm³/mol. The zero-order chi connectivity index (χ0) is 21.3. The number of halogens is 1. The lowest BCUT2D eigenvalue weighted by atomic mass is 10.1. The lowest BCUT2D eigenvalue weighted by molar-refractivity contribution is -0.114. The van der Waals surface area contributed by atoms with E-state index in [1.54, 1.807) is 30.5 Å². The van der Waals surface area contributed by atoms with Crippen molar-refractivity contribution in [2.75, 3.05) is 17.3 Å². The van der Waals surface area contributed by atoms with Crippen molar-refractivity contribution < 1.29 is 9.59 Å². The zero-order valence-corrected chi connectivity index (χ0v) is 17.9. The summed E-state index contributed by atoms with van der Waals surface area (Å²) in [7, 11) is 1.71. The number of amides is 2. The SMILES string of the molecule is CC(=O)Nc1ccc(-c2cnc3cnc(C(=O)N(C)c4cccc(Br)c4)cn23)cc1. The van der Waals surface area contributed by atoms with Gasteiger partial charge in [-0.1, -0.05) is 34.1 Å². The first kappa shape index (κ1) is 19.8. The van der Waals surface area contributed by atoms with E-state index in [4.69, 9.17) is 0 Å². The molecular weight excluding hydrogens is 446 g/mol. The van der Waals surface area contributed by atoms with Crippen LogP contribution in [-0.4, -0.2) is 33.2 Å². The highest BCUT2D eigenvalue weighted by Gasteiger charge is 2.17. The summed E-state index contributed by atoms with van der Waals surface area (Å²) >= 11 is 3.43. The van der Waals surface area contributed by atoms with E-state index < -0.39 is 0 Å². The van der Waals surface area contributed by atoms with Crippen LogP contribution in [0.4, 0.5) is 11.4 Å². The van der Waals surface area contributed by atoms with Crippen LogP contribution in [0, 0.1) is 0 Å². The Hall–Kier alpha value is -3.52. The van der Waals surface area contributed by atoms with Gasteiger partial charge < -0.3 is 10.2 Å². The van der Waals surface area contributed by atoms with Crippen molar-refractivity contribution in [3.05, 3.63) is 77.3 Å². The number of anilines is 2. The van der Waals surface area contributed by atoms with Gasteiger partial charge in [0.1, 0.15) is 5.69 Å². The lowest BCUT2D eigenvalue weighted by Crippen LogP contribution is -2.27. The summed E-state index contributed by atoms with van der Waals surface area (Å²) in [6, 6.07) is 14.9. The summed E-state index contributed by atoms with van der Waals surface area (Å²) in [5, 5.41) is 2.75. The fourth-order valence-corrected chi connectivity index (χ4v) is 3.50. The molecule has 150 valence electrons. The van der Waals surface area contributed by atoms with Gasteiger partial charge in [-0.25, -0.2) is 9.97 Å². The maximum Gasteiger partial charge on any atom is 0.278 e. The van der Waals surface area contributed by atoms with E-state index in [9.17, 15) is 9.59 Å². The molecule has 30 heavy (non-hydrogen) atoms. The second kappa shape index (κ2) is 8.08. The summed E-state index contributed by atoms with van der Waals surface area (Å²) in [6.07, 6.45) is 5.00. The molecule has 0 aliphatic heterocycles. The number of carbonyl (C=O) groups is 2. The average molecular weight is 464 g/mol. The second-order valence-corrected chi connectivity index (χ2v) is 7.66. The van der Waals surface area contributed by atoms with Gasteiger partial charge in [0.25, 0.3) is 5.91 Å². The van der Waals surface area contributed by atoms with Crippen LogP contribution in [0.25, 0.3) is 16.9 Å². The molecule has 0 aliphatic carbocycles. The van der Waals surface area contributed by atoms with Crippen molar-refractivity contribution in [3.63, 3.8) is 0 Å². The Kier molecular flexibility index (Phi) is 5.33. The van der Waals surface area contributed by atoms with Crippen LogP contribution in [-0.2, 0) is 4.79 Å². The van der Waals surface area contributed by atoms with E-state index in [1.165, 1.54) is 6.92 Å². The number of rotatable bonds is 4. The van der Waals surface area contributed by atoms with Crippen LogP contribution < -0.4 is 10.2 Å². The van der Waals surface area contributed by atoms with Gasteiger partial charge in [-0.05, 0) is 30.3 Å². The van der Waals surface area contributed by atoms with Gasteiger partial charge in [0, 0.05) is 41.6 Å². The van der Waals surface area contributed by atoms with E-state index >= 15 is 0 Å². The van der Waals surface area contributed by atoms with Crippen molar-refractivity contribution in [2.24, 2.45) is 0 Å². The number of hydrogen-bond donors (Lipinski definition) is 1. The van der Waals surface area contributed by atoms with Crippen LogP contribution in [0.15, 0.2) is 71.6 Å². The number of hydrogen-bond acceptors (Lipinski definition) is 4. The highest BCUT2D eigenvalue weighted by atomic mass is 79.9. The molecule has 2 aromatic carbocycles. The molecule has 0 saturated heterocycles. The van der Waals surface area contributed by atoms with Gasteiger partial charge in [0.15, 0.2) is 5.65 Å². The van der Waals surface area contributed by atoms with E-state index in [0.29, 0.717) is 17.0 Å². The van der Waals surface area contributed by atoms with Crippen molar-refractivity contribution in [2.45, 2.75) is 6.92 Å². The fourth-order valence-electron chi connectivity index (χ4n) is 3.11. The van der Waals surface area contributed by atoms with E-state index in [2.05, 4.69) is 31.2 Å². The van der Waals surface area contributed by atoms with Gasteiger partial charge in [-0.3, -0.25) is 14.0 Å². The molecule has 0 bridgehead atoms. The summed E-state index contributed by atoms with van der Waals surface area (Å²) in [5.74, 6) is -0.350. The Morgan fingerprint density at radius 1 is 1.07 bits per heavy atom. The number of imidazole rings is 1. The van der Waals surface area contributed by atoms with Gasteiger partial charge >= 0.3 is 0 Å².